The molecule has 2 fully saturated rings. The Balaban J connectivity index is 1.78. The molecule has 0 unspecified atom stereocenters. The van der Waals surface area contributed by atoms with Gasteiger partial charge in [-0.3, -0.25) is 9.59 Å². The van der Waals surface area contributed by atoms with Gasteiger partial charge in [-0.25, -0.2) is 4.90 Å². The van der Waals surface area contributed by atoms with Crippen LogP contribution < -0.4 is 14.4 Å². The quantitative estimate of drug-likeness (QED) is 0.814. The second-order valence-electron chi connectivity index (χ2n) is 5.84. The van der Waals surface area contributed by atoms with Gasteiger partial charge in [0.15, 0.2) is 18.2 Å². The summed E-state index contributed by atoms with van der Waals surface area (Å²) in [5.74, 6) is 1.01. The molecule has 2 saturated heterocycles. The average Bonchev–Trinajstić information content (AvgIpc) is 3.19. The molecule has 0 radical (unpaired) electrons. The molecule has 0 spiro atoms. The fourth-order valence-electron chi connectivity index (χ4n) is 2.99. The summed E-state index contributed by atoms with van der Waals surface area (Å²) in [7, 11) is 3.14. The van der Waals surface area contributed by atoms with E-state index >= 15 is 0 Å². The number of hydrogen-bond acceptors (Lipinski definition) is 5. The molecular weight excluding hydrogens is 328 g/mol. The zero-order valence-corrected chi connectivity index (χ0v) is 14.6. The number of likely N-dealkylation sites (tertiary alicyclic amines) is 1. The predicted molar refractivity (Wildman–Crippen MR) is 92.2 cm³/mol. The van der Waals surface area contributed by atoms with E-state index in [9.17, 15) is 9.59 Å². The molecule has 2 amide bonds. The summed E-state index contributed by atoms with van der Waals surface area (Å²) in [5, 5.41) is -0.189. The second-order valence-corrected chi connectivity index (χ2v) is 6.83. The van der Waals surface area contributed by atoms with E-state index in [1.54, 1.807) is 32.4 Å². The molecule has 1 N–H and O–H groups in total. The van der Waals surface area contributed by atoms with Crippen molar-refractivity contribution in [2.75, 3.05) is 34.0 Å². The number of carbonyl (C=O) groups is 2. The van der Waals surface area contributed by atoms with Crippen LogP contribution in [0.25, 0.3) is 6.08 Å². The minimum atomic E-state index is -0.209. The number of carbonyl (C=O) groups excluding carboxylic acids is 2. The number of nitrogens with zero attached hydrogens (tertiary/aromatic N) is 1. The number of nitrogens with one attached hydrogen (secondary N) is 1. The molecule has 0 saturated carbocycles. The number of rotatable bonds is 5. The molecule has 0 bridgehead atoms. The monoisotopic (exact) mass is 349 g/mol. The van der Waals surface area contributed by atoms with E-state index < -0.39 is 0 Å². The normalized spacial score (nSPS) is 20.2. The van der Waals surface area contributed by atoms with Crippen LogP contribution in [0.15, 0.2) is 23.1 Å². The van der Waals surface area contributed by atoms with Crippen LogP contribution in [0.1, 0.15) is 18.4 Å². The summed E-state index contributed by atoms with van der Waals surface area (Å²) in [5.41, 5.74) is 0.798. The molecule has 128 valence electrons. The maximum absolute atomic E-state index is 12.5. The third-order valence-corrected chi connectivity index (χ3v) is 5.18. The van der Waals surface area contributed by atoms with Crippen LogP contribution in [0.5, 0.6) is 11.5 Å². The lowest BCUT2D eigenvalue weighted by Gasteiger charge is -2.18. The van der Waals surface area contributed by atoms with Crippen molar-refractivity contribution in [1.29, 1.82) is 0 Å². The molecule has 3 rings (SSSR count). The molecule has 2 heterocycles. The minimum Gasteiger partial charge on any atom is -0.493 e. The number of ether oxygens (including phenoxy) is 2. The Bertz CT molecular complexity index is 683. The van der Waals surface area contributed by atoms with Crippen molar-refractivity contribution in [2.45, 2.75) is 12.8 Å². The van der Waals surface area contributed by atoms with Gasteiger partial charge >= 0.3 is 0 Å². The van der Waals surface area contributed by atoms with E-state index in [-0.39, 0.29) is 11.1 Å². The van der Waals surface area contributed by atoms with Gasteiger partial charge in [0.1, 0.15) is 0 Å². The summed E-state index contributed by atoms with van der Waals surface area (Å²) < 4.78 is 10.5. The molecule has 0 aliphatic carbocycles. The molecule has 24 heavy (non-hydrogen) atoms. The molecule has 7 heteroatoms. The Labute approximate surface area is 145 Å². The summed E-state index contributed by atoms with van der Waals surface area (Å²) in [6, 6.07) is 5.41. The summed E-state index contributed by atoms with van der Waals surface area (Å²) in [4.78, 5) is 27.8. The first-order valence-corrected chi connectivity index (χ1v) is 8.75. The maximum atomic E-state index is 12.5. The summed E-state index contributed by atoms with van der Waals surface area (Å²) in [6.45, 7) is 2.51. The molecule has 2 aliphatic rings. The van der Waals surface area contributed by atoms with Crippen molar-refractivity contribution in [2.24, 2.45) is 0 Å². The highest BCUT2D eigenvalue weighted by Gasteiger charge is 2.38. The summed E-state index contributed by atoms with van der Waals surface area (Å²) >= 11 is 0.997. The van der Waals surface area contributed by atoms with Gasteiger partial charge in [-0.15, -0.1) is 0 Å². The number of thioether (sulfide) groups is 1. The molecule has 0 aromatic heterocycles. The first kappa shape index (κ1) is 16.9. The van der Waals surface area contributed by atoms with Crippen LogP contribution in [0, 0.1) is 0 Å². The van der Waals surface area contributed by atoms with E-state index in [1.165, 1.54) is 9.80 Å². The number of imide groups is 1. The number of amides is 2. The van der Waals surface area contributed by atoms with E-state index in [0.29, 0.717) is 23.1 Å². The van der Waals surface area contributed by atoms with Crippen molar-refractivity contribution in [3.63, 3.8) is 0 Å². The van der Waals surface area contributed by atoms with Crippen LogP contribution in [-0.4, -0.2) is 50.0 Å². The lowest BCUT2D eigenvalue weighted by molar-refractivity contribution is -0.894. The third-order valence-electron chi connectivity index (χ3n) is 4.27. The molecule has 2 aliphatic heterocycles. The highest BCUT2D eigenvalue weighted by Crippen LogP contribution is 2.34. The lowest BCUT2D eigenvalue weighted by Crippen LogP contribution is -3.11. The largest absolute Gasteiger partial charge is 0.493 e. The molecule has 1 aromatic carbocycles. The number of benzene rings is 1. The second kappa shape index (κ2) is 7.27. The highest BCUT2D eigenvalue weighted by molar-refractivity contribution is 8.18. The number of quaternary nitrogens is 1. The Morgan fingerprint density at radius 3 is 2.54 bits per heavy atom. The molecule has 6 nitrogen and oxygen atoms in total. The predicted octanol–water partition coefficient (Wildman–Crippen LogP) is 1.38. The van der Waals surface area contributed by atoms with Crippen molar-refractivity contribution >= 4 is 29.0 Å². The van der Waals surface area contributed by atoms with Crippen LogP contribution >= 0.6 is 11.8 Å². The van der Waals surface area contributed by atoms with Gasteiger partial charge in [-0.05, 0) is 35.5 Å². The average molecular weight is 349 g/mol. The van der Waals surface area contributed by atoms with Crippen LogP contribution in [-0.2, 0) is 4.79 Å². The zero-order valence-electron chi connectivity index (χ0n) is 13.8. The molecule has 1 aromatic rings. The first-order valence-electron chi connectivity index (χ1n) is 7.93. The minimum absolute atomic E-state index is 0.189. The van der Waals surface area contributed by atoms with Gasteiger partial charge in [-0.1, -0.05) is 6.07 Å². The Kier molecular flexibility index (Phi) is 5.11. The van der Waals surface area contributed by atoms with Crippen molar-refractivity contribution < 1.29 is 24.0 Å². The summed E-state index contributed by atoms with van der Waals surface area (Å²) in [6.07, 6.45) is 4.05. The van der Waals surface area contributed by atoms with Gasteiger partial charge < -0.3 is 14.4 Å². The Morgan fingerprint density at radius 1 is 1.17 bits per heavy atom. The zero-order chi connectivity index (χ0) is 17.1. The van der Waals surface area contributed by atoms with E-state index in [0.717, 1.165) is 43.3 Å². The maximum Gasteiger partial charge on any atom is 0.298 e. The van der Waals surface area contributed by atoms with Crippen LogP contribution in [0.2, 0.25) is 0 Å². The fourth-order valence-corrected chi connectivity index (χ4v) is 3.83. The number of hydrogen-bond donors (Lipinski definition) is 1. The van der Waals surface area contributed by atoms with Crippen LogP contribution in [0.3, 0.4) is 0 Å². The van der Waals surface area contributed by atoms with E-state index in [2.05, 4.69) is 0 Å². The molecule has 0 atom stereocenters. The number of methoxy groups -OCH3 is 2. The van der Waals surface area contributed by atoms with Gasteiger partial charge in [0.05, 0.1) is 32.2 Å². The van der Waals surface area contributed by atoms with Gasteiger partial charge in [0.25, 0.3) is 11.1 Å². The van der Waals surface area contributed by atoms with Crippen LogP contribution in [0.4, 0.5) is 4.79 Å². The molecular formula is C17H21N2O4S+. The standard InChI is InChI=1S/C17H20N2O4S/c1-22-13-6-5-12(9-14(13)23-2)10-15-16(20)19(17(21)24-15)11-18-7-3-4-8-18/h5-6,9-10H,3-4,7-8,11H2,1-2H3/p+1/b15-10+. The third kappa shape index (κ3) is 3.42. The van der Waals surface area contributed by atoms with Crippen molar-refractivity contribution in [3.05, 3.63) is 28.7 Å². The first-order chi connectivity index (χ1) is 11.6. The van der Waals surface area contributed by atoms with Gasteiger partial charge in [0.2, 0.25) is 0 Å². The van der Waals surface area contributed by atoms with E-state index in [4.69, 9.17) is 9.47 Å². The lowest BCUT2D eigenvalue weighted by atomic mass is 10.2. The Hall–Kier alpha value is -1.99. The van der Waals surface area contributed by atoms with Crippen molar-refractivity contribution in [1.82, 2.24) is 4.90 Å². The SMILES string of the molecule is COc1ccc(/C=C2/SC(=O)N(C[NH+]3CCCC3)C2=O)cc1OC. The topological polar surface area (TPSA) is 60.3 Å². The fraction of sp³-hybridized carbons (Fsp3) is 0.412. The van der Waals surface area contributed by atoms with E-state index in [1.807, 2.05) is 6.07 Å². The highest BCUT2D eigenvalue weighted by atomic mass is 32.2. The Morgan fingerprint density at radius 2 is 1.88 bits per heavy atom. The van der Waals surface area contributed by atoms with Gasteiger partial charge in [0, 0.05) is 12.8 Å². The smallest absolute Gasteiger partial charge is 0.298 e. The van der Waals surface area contributed by atoms with Crippen molar-refractivity contribution in [3.8, 4) is 11.5 Å². The van der Waals surface area contributed by atoms with Gasteiger partial charge in [-0.2, -0.15) is 0 Å².